The summed E-state index contributed by atoms with van der Waals surface area (Å²) in [6, 6.07) is 8.05. The lowest BCUT2D eigenvalue weighted by molar-refractivity contribution is -0.282. The molecule has 3 aliphatic rings. The number of para-hydroxylation sites is 1. The van der Waals surface area contributed by atoms with E-state index < -0.39 is 102 Å². The molecule has 308 valence electrons. The Kier molecular flexibility index (Phi) is 13.4. The number of pyridine rings is 1. The molecule has 5 rings (SSSR count). The van der Waals surface area contributed by atoms with Crippen molar-refractivity contribution in [1.29, 1.82) is 0 Å². The number of rotatable bonds is 8. The van der Waals surface area contributed by atoms with Crippen LogP contribution in [0.15, 0.2) is 42.6 Å². The number of esters is 1. The van der Waals surface area contributed by atoms with E-state index in [-0.39, 0.29) is 18.8 Å². The number of hydrogen-bond acceptors (Lipinski definition) is 12. The van der Waals surface area contributed by atoms with Crippen molar-refractivity contribution in [2.45, 2.75) is 122 Å². The van der Waals surface area contributed by atoms with Crippen LogP contribution in [-0.4, -0.2) is 120 Å². The zero-order chi connectivity index (χ0) is 41.3. The van der Waals surface area contributed by atoms with E-state index in [4.69, 9.17) is 23.7 Å². The van der Waals surface area contributed by atoms with E-state index in [1.807, 2.05) is 30.3 Å². The van der Waals surface area contributed by atoms with Crippen molar-refractivity contribution in [2.24, 2.45) is 23.7 Å². The number of aromatic nitrogens is 1. The Labute approximate surface area is 326 Å². The van der Waals surface area contributed by atoms with Crippen molar-refractivity contribution in [3.63, 3.8) is 0 Å². The third kappa shape index (κ3) is 8.66. The topological polar surface area (TPSA) is 163 Å². The molecule has 13 nitrogen and oxygen atoms in total. The predicted octanol–water partition coefficient (Wildman–Crippen LogP) is 4.96. The SMILES string of the molecule is CC[C@@H]1OC(=O)C(F)(F)C(=O)[C@H](C)[C@@H](O[C@@H]2O[C@H](C)C[C@H](N(C)C)[C@H]2O)[C@H](C)[C@@H](OC/C=C/c2cnc3ccccc3c2)[C@@H](C)C(=O)[C@@H](C)C2NC(=O)O[C@@]21C. The molecule has 3 aliphatic heterocycles. The summed E-state index contributed by atoms with van der Waals surface area (Å²) >= 11 is 0. The van der Waals surface area contributed by atoms with Crippen LogP contribution in [0.2, 0.25) is 0 Å². The molecule has 0 aliphatic carbocycles. The van der Waals surface area contributed by atoms with Crippen molar-refractivity contribution in [2.75, 3.05) is 20.7 Å². The lowest BCUT2D eigenvalue weighted by Crippen LogP contribution is -2.60. The number of alkyl carbamates (subject to hydrolysis) is 1. The Hall–Kier alpha value is -3.89. The maximum absolute atomic E-state index is 16.1. The van der Waals surface area contributed by atoms with E-state index in [0.29, 0.717) is 6.42 Å². The van der Waals surface area contributed by atoms with Crippen molar-refractivity contribution in [3.05, 3.63) is 48.2 Å². The van der Waals surface area contributed by atoms with Gasteiger partial charge >= 0.3 is 18.0 Å². The number of nitrogens with zero attached hydrogens (tertiary/aromatic N) is 2. The minimum Gasteiger partial charge on any atom is -0.453 e. The van der Waals surface area contributed by atoms with Crippen LogP contribution in [0.1, 0.15) is 66.9 Å². The number of alkyl halides is 2. The third-order valence-electron chi connectivity index (χ3n) is 11.7. The van der Waals surface area contributed by atoms with Crippen LogP contribution < -0.4 is 5.32 Å². The molecule has 1 aromatic carbocycles. The summed E-state index contributed by atoms with van der Waals surface area (Å²) in [5.74, 6) is -13.6. The van der Waals surface area contributed by atoms with Crippen LogP contribution in [-0.2, 0) is 38.1 Å². The minimum absolute atomic E-state index is 0.0490. The monoisotopic (exact) mass is 787 g/mol. The highest BCUT2D eigenvalue weighted by molar-refractivity contribution is 6.06. The third-order valence-corrected chi connectivity index (χ3v) is 11.7. The predicted molar refractivity (Wildman–Crippen MR) is 201 cm³/mol. The Morgan fingerprint density at radius 2 is 1.73 bits per heavy atom. The van der Waals surface area contributed by atoms with E-state index >= 15 is 8.78 Å². The first kappa shape index (κ1) is 43.2. The highest BCUT2D eigenvalue weighted by Gasteiger charge is 2.60. The fraction of sp³-hybridized carbons (Fsp3) is 0.634. The van der Waals surface area contributed by atoms with Gasteiger partial charge in [-0.3, -0.25) is 14.6 Å². The first-order valence-electron chi connectivity index (χ1n) is 19.3. The fourth-order valence-corrected chi connectivity index (χ4v) is 8.51. The molecular weight excluding hydrogens is 732 g/mol. The number of carbonyl (C=O) groups is 4. The largest absolute Gasteiger partial charge is 0.453 e. The second-order valence-electron chi connectivity index (χ2n) is 15.9. The molecule has 3 fully saturated rings. The van der Waals surface area contributed by atoms with E-state index in [9.17, 15) is 24.3 Å². The highest BCUT2D eigenvalue weighted by atomic mass is 19.3. The first-order chi connectivity index (χ1) is 26.3. The number of ketones is 2. The zero-order valence-electron chi connectivity index (χ0n) is 33.4. The van der Waals surface area contributed by atoms with Crippen LogP contribution >= 0.6 is 0 Å². The molecule has 1 unspecified atom stereocenters. The number of hydrogen-bond donors (Lipinski definition) is 2. The average Bonchev–Trinajstić information content (AvgIpc) is 3.48. The van der Waals surface area contributed by atoms with Gasteiger partial charge in [0.2, 0.25) is 5.78 Å². The molecule has 2 aromatic rings. The minimum atomic E-state index is -4.66. The van der Waals surface area contributed by atoms with Crippen molar-refractivity contribution in [1.82, 2.24) is 15.2 Å². The summed E-state index contributed by atoms with van der Waals surface area (Å²) in [4.78, 5) is 60.7. The van der Waals surface area contributed by atoms with Gasteiger partial charge in [-0.05, 0) is 58.5 Å². The maximum Gasteiger partial charge on any atom is 0.408 e. The molecule has 0 spiro atoms. The van der Waals surface area contributed by atoms with E-state index in [1.165, 1.54) is 13.8 Å². The van der Waals surface area contributed by atoms with Gasteiger partial charge in [-0.25, -0.2) is 9.59 Å². The maximum atomic E-state index is 16.1. The summed E-state index contributed by atoms with van der Waals surface area (Å²) in [6.07, 6.45) is -2.37. The number of nitrogens with one attached hydrogen (secondary N) is 1. The molecule has 13 atom stereocenters. The molecule has 1 aromatic heterocycles. The molecule has 0 saturated carbocycles. The number of ether oxygens (including phenoxy) is 5. The van der Waals surface area contributed by atoms with Crippen LogP contribution in [0.3, 0.4) is 0 Å². The summed E-state index contributed by atoms with van der Waals surface area (Å²) in [5, 5.41) is 15.0. The van der Waals surface area contributed by atoms with Crippen LogP contribution in [0.5, 0.6) is 0 Å². The molecular formula is C41H55F2N3O10. The normalized spacial score (nSPS) is 37.2. The number of halogens is 2. The van der Waals surface area contributed by atoms with Crippen molar-refractivity contribution >= 4 is 40.6 Å². The van der Waals surface area contributed by atoms with Gasteiger partial charge in [-0.15, -0.1) is 0 Å². The van der Waals surface area contributed by atoms with Crippen LogP contribution in [0.25, 0.3) is 17.0 Å². The smallest absolute Gasteiger partial charge is 0.408 e. The number of carbonyl (C=O) groups excluding carboxylic acids is 4. The molecule has 56 heavy (non-hydrogen) atoms. The van der Waals surface area contributed by atoms with E-state index in [0.717, 1.165) is 16.5 Å². The first-order valence-corrected chi connectivity index (χ1v) is 19.3. The van der Waals surface area contributed by atoms with Gasteiger partial charge in [0.15, 0.2) is 11.9 Å². The summed E-state index contributed by atoms with van der Waals surface area (Å²) < 4.78 is 61.9. The number of likely N-dealkylation sites (N-methyl/N-ethyl adjacent to an activating group) is 1. The van der Waals surface area contributed by atoms with Gasteiger partial charge in [0.1, 0.15) is 18.0 Å². The Balaban J connectivity index is 1.57. The number of aliphatic hydroxyl groups is 1. The lowest BCUT2D eigenvalue weighted by atomic mass is 9.74. The number of Topliss-reactive ketones (excluding diaryl/α,β-unsaturated/α-hetero) is 2. The van der Waals surface area contributed by atoms with Gasteiger partial charge in [0.25, 0.3) is 0 Å². The van der Waals surface area contributed by atoms with Crippen molar-refractivity contribution < 1.29 is 56.7 Å². The highest BCUT2D eigenvalue weighted by Crippen LogP contribution is 2.40. The number of amides is 1. The van der Waals surface area contributed by atoms with Gasteiger partial charge in [0, 0.05) is 41.3 Å². The Morgan fingerprint density at radius 1 is 1.04 bits per heavy atom. The second kappa shape index (κ2) is 17.3. The van der Waals surface area contributed by atoms with Crippen molar-refractivity contribution in [3.8, 4) is 0 Å². The molecule has 3 saturated heterocycles. The molecule has 1 amide bonds. The summed E-state index contributed by atoms with van der Waals surface area (Å²) in [5.41, 5.74) is -0.134. The molecule has 0 bridgehead atoms. The second-order valence-corrected chi connectivity index (χ2v) is 15.9. The van der Waals surface area contributed by atoms with Gasteiger partial charge in [-0.2, -0.15) is 8.78 Å². The molecule has 15 heteroatoms. The Bertz CT molecular complexity index is 1790. The Morgan fingerprint density at radius 3 is 2.41 bits per heavy atom. The summed E-state index contributed by atoms with van der Waals surface area (Å²) in [7, 11) is 3.55. The number of fused-ring (bicyclic) bond motifs is 2. The van der Waals surface area contributed by atoms with Gasteiger partial charge < -0.3 is 39.0 Å². The van der Waals surface area contributed by atoms with Gasteiger partial charge in [-0.1, -0.05) is 65.0 Å². The standard InChI is InChI=1S/C41H55F2N3O10/c1-10-30-40(7)35(45-39(51)56-40)23(4)31(47)22(3)33(52-17-13-14-26-19-27-15-11-12-16-28(27)44-20-26)24(5)34(25(6)36(49)41(42,43)38(50)54-30)55-37-32(48)29(46(8)9)18-21(2)53-37/h11-16,19-25,29-30,32-35,37,48H,10,17-18H2,1-9H3,(H,45,51)/b14-13+/t21-,22+,23-,24-,25-,29+,30+,32-,33+,34+,35?,37+,40-/m1/s1. The average molecular weight is 788 g/mol. The number of aliphatic hydroxyl groups excluding tert-OH is 1. The van der Waals surface area contributed by atoms with Gasteiger partial charge in [0.05, 0.1) is 36.5 Å². The van der Waals surface area contributed by atoms with E-state index in [1.54, 1.807) is 72.0 Å². The molecule has 4 heterocycles. The lowest BCUT2D eigenvalue weighted by Gasteiger charge is -2.45. The number of cyclic esters (lactones) is 1. The quantitative estimate of drug-likeness (QED) is 0.274. The molecule has 2 N–H and O–H groups in total. The molecule has 0 radical (unpaired) electrons. The number of benzene rings is 1. The zero-order valence-corrected chi connectivity index (χ0v) is 33.4. The summed E-state index contributed by atoms with van der Waals surface area (Å²) in [6.45, 7) is 10.7. The van der Waals surface area contributed by atoms with Crippen LogP contribution in [0, 0.1) is 23.7 Å². The van der Waals surface area contributed by atoms with E-state index in [2.05, 4.69) is 10.3 Å². The van der Waals surface area contributed by atoms with Crippen LogP contribution in [0.4, 0.5) is 13.6 Å². The fourth-order valence-electron chi connectivity index (χ4n) is 8.51.